The van der Waals surface area contributed by atoms with Crippen molar-refractivity contribution < 1.29 is 0 Å². The maximum Gasteiger partial charge on any atom is 0.0452 e. The Hall–Kier alpha value is 1.05. The van der Waals surface area contributed by atoms with Crippen molar-refractivity contribution in [2.24, 2.45) is 0 Å². The minimum Gasteiger partial charge on any atom is -0.168 e. The van der Waals surface area contributed by atoms with Gasteiger partial charge in [-0.1, -0.05) is 0 Å². The van der Waals surface area contributed by atoms with Gasteiger partial charge in [0.05, 0.1) is 0 Å². The first-order valence-corrected chi connectivity index (χ1v) is 3.87. The Labute approximate surface area is 53.9 Å². The molecule has 6 heavy (non-hydrogen) atoms. The Bertz CT molecular complexity index is 27.2. The van der Waals surface area contributed by atoms with Gasteiger partial charge in [-0.05, 0) is 6.92 Å². The highest BCUT2D eigenvalue weighted by molar-refractivity contribution is 8.16. The zero-order valence-corrected chi connectivity index (χ0v) is 6.19. The van der Waals surface area contributed by atoms with Gasteiger partial charge in [0, 0.05) is 9.67 Å². The van der Waals surface area contributed by atoms with Gasteiger partial charge in [-0.25, -0.2) is 0 Å². The molecule has 0 bridgehead atoms. The van der Waals surface area contributed by atoms with Gasteiger partial charge in [0.1, 0.15) is 0 Å². The molecule has 0 aromatic carbocycles. The Morgan fingerprint density at radius 2 is 2.33 bits per heavy atom. The summed E-state index contributed by atoms with van der Waals surface area (Å²) in [5.41, 5.74) is 0. The van der Waals surface area contributed by atoms with E-state index in [2.05, 4.69) is 25.3 Å². The predicted octanol–water partition coefficient (Wildman–Crippen LogP) is 1.88. The van der Waals surface area contributed by atoms with E-state index in [0.29, 0.717) is 4.58 Å². The van der Waals surface area contributed by atoms with Crippen LogP contribution >= 0.6 is 37.0 Å². The lowest BCUT2D eigenvalue weighted by atomic mass is 11.0. The third-order valence-corrected chi connectivity index (χ3v) is 1.84. The number of thioether (sulfide) groups is 1. The van der Waals surface area contributed by atoms with Crippen molar-refractivity contribution in [1.29, 1.82) is 0 Å². The second-order valence-electron chi connectivity index (χ2n) is 0.895. The van der Waals surface area contributed by atoms with E-state index >= 15 is 0 Å². The van der Waals surface area contributed by atoms with Crippen molar-refractivity contribution in [2.45, 2.75) is 11.5 Å². The van der Waals surface area contributed by atoms with Gasteiger partial charge in [-0.3, -0.25) is 0 Å². The second kappa shape index (κ2) is 4.22. The number of hydrogen-bond acceptors (Lipinski definition) is 3. The molecule has 0 heterocycles. The molecule has 0 aliphatic carbocycles. The fraction of sp³-hybridized carbons (Fsp3) is 1.00. The van der Waals surface area contributed by atoms with Crippen LogP contribution < -0.4 is 0 Å². The Morgan fingerprint density at radius 3 is 2.33 bits per heavy atom. The zero-order valence-electron chi connectivity index (χ0n) is 3.59. The van der Waals surface area contributed by atoms with Crippen molar-refractivity contribution in [3.8, 4) is 0 Å². The fourth-order valence-electron chi connectivity index (χ4n) is 0.108. The average molecular weight is 140 g/mol. The van der Waals surface area contributed by atoms with E-state index in [9.17, 15) is 0 Å². The summed E-state index contributed by atoms with van der Waals surface area (Å²) in [7, 11) is 0. The molecule has 0 saturated carbocycles. The van der Waals surface area contributed by atoms with Gasteiger partial charge >= 0.3 is 0 Å². The van der Waals surface area contributed by atoms with E-state index in [0.717, 1.165) is 5.08 Å². The highest BCUT2D eigenvalue weighted by atomic mass is 32.2. The summed E-state index contributed by atoms with van der Waals surface area (Å²) in [6.45, 7) is 2.03. The molecule has 38 valence electrons. The molecule has 1 atom stereocenters. The molecule has 3 heteroatoms. The smallest absolute Gasteiger partial charge is 0.0452 e. The maximum atomic E-state index is 4.09. The van der Waals surface area contributed by atoms with Crippen LogP contribution in [0.1, 0.15) is 6.92 Å². The Balaban J connectivity index is 2.63. The molecule has 0 rings (SSSR count). The summed E-state index contributed by atoms with van der Waals surface area (Å²) >= 11 is 9.78. The summed E-state index contributed by atoms with van der Waals surface area (Å²) in [4.78, 5) is 0. The SMILES string of the molecule is CC(S)SCS. The van der Waals surface area contributed by atoms with Gasteiger partial charge in [0.2, 0.25) is 0 Å². The van der Waals surface area contributed by atoms with Crippen LogP contribution in [0.5, 0.6) is 0 Å². The molecule has 0 N–H and O–H groups in total. The van der Waals surface area contributed by atoms with Gasteiger partial charge in [-0.15, -0.1) is 11.8 Å². The number of thiol groups is 2. The molecule has 0 saturated heterocycles. The van der Waals surface area contributed by atoms with Gasteiger partial charge in [-0.2, -0.15) is 25.3 Å². The van der Waals surface area contributed by atoms with E-state index in [-0.39, 0.29) is 0 Å². The number of rotatable bonds is 2. The maximum absolute atomic E-state index is 4.09. The first-order valence-electron chi connectivity index (χ1n) is 1.68. The van der Waals surface area contributed by atoms with Gasteiger partial charge in [0.25, 0.3) is 0 Å². The van der Waals surface area contributed by atoms with Crippen molar-refractivity contribution >= 4 is 37.0 Å². The third kappa shape index (κ3) is 5.05. The van der Waals surface area contributed by atoms with Crippen LogP contribution in [-0.2, 0) is 0 Å². The predicted molar refractivity (Wildman–Crippen MR) is 39.9 cm³/mol. The van der Waals surface area contributed by atoms with E-state index in [1.807, 2.05) is 6.92 Å². The second-order valence-corrected chi connectivity index (χ2v) is 4.09. The average Bonchev–Trinajstić information content (AvgIpc) is 1.35. The molecule has 0 nitrogen and oxygen atoms in total. The van der Waals surface area contributed by atoms with E-state index in [4.69, 9.17) is 0 Å². The van der Waals surface area contributed by atoms with Crippen molar-refractivity contribution in [1.82, 2.24) is 0 Å². The summed E-state index contributed by atoms with van der Waals surface area (Å²) < 4.78 is 0.433. The number of hydrogen-bond donors (Lipinski definition) is 2. The molecule has 0 radical (unpaired) electrons. The van der Waals surface area contributed by atoms with E-state index in [1.165, 1.54) is 0 Å². The molecule has 1 unspecified atom stereocenters. The molecule has 0 aromatic rings. The van der Waals surface area contributed by atoms with Crippen molar-refractivity contribution in [2.75, 3.05) is 5.08 Å². The minimum atomic E-state index is 0.433. The molecule has 0 aromatic heterocycles. The molecule has 0 aliphatic rings. The van der Waals surface area contributed by atoms with Crippen LogP contribution in [0.25, 0.3) is 0 Å². The molecule has 0 amide bonds. The fourth-order valence-corrected chi connectivity index (χ4v) is 1.57. The molecular weight excluding hydrogens is 132 g/mol. The molecule has 0 aliphatic heterocycles. The molecule has 0 fully saturated rings. The topological polar surface area (TPSA) is 0 Å². The summed E-state index contributed by atoms with van der Waals surface area (Å²) in [6, 6.07) is 0. The molecule has 0 spiro atoms. The molecular formula is C3H8S3. The lowest BCUT2D eigenvalue weighted by molar-refractivity contribution is 1.44. The Morgan fingerprint density at radius 1 is 1.83 bits per heavy atom. The normalized spacial score (nSPS) is 14.5. The van der Waals surface area contributed by atoms with Gasteiger partial charge in [0.15, 0.2) is 0 Å². The van der Waals surface area contributed by atoms with Crippen molar-refractivity contribution in [3.63, 3.8) is 0 Å². The van der Waals surface area contributed by atoms with E-state index in [1.54, 1.807) is 11.8 Å². The lowest BCUT2D eigenvalue weighted by Crippen LogP contribution is -1.78. The summed E-state index contributed by atoms with van der Waals surface area (Å²) in [5, 5.41) is 0.866. The first kappa shape index (κ1) is 7.05. The largest absolute Gasteiger partial charge is 0.168 e. The van der Waals surface area contributed by atoms with E-state index < -0.39 is 0 Å². The zero-order chi connectivity index (χ0) is 4.99. The van der Waals surface area contributed by atoms with Crippen LogP contribution in [0.2, 0.25) is 0 Å². The van der Waals surface area contributed by atoms with Crippen LogP contribution in [0.15, 0.2) is 0 Å². The lowest BCUT2D eigenvalue weighted by Gasteiger charge is -1.95. The highest BCUT2D eigenvalue weighted by Crippen LogP contribution is 2.13. The Kier molecular flexibility index (Phi) is 4.95. The van der Waals surface area contributed by atoms with Crippen LogP contribution in [0, 0.1) is 0 Å². The van der Waals surface area contributed by atoms with Crippen molar-refractivity contribution in [3.05, 3.63) is 0 Å². The van der Waals surface area contributed by atoms with Gasteiger partial charge < -0.3 is 0 Å². The monoisotopic (exact) mass is 140 g/mol. The summed E-state index contributed by atoms with van der Waals surface area (Å²) in [6.07, 6.45) is 0. The minimum absolute atomic E-state index is 0.433. The van der Waals surface area contributed by atoms with Crippen LogP contribution in [0.3, 0.4) is 0 Å². The third-order valence-electron chi connectivity index (χ3n) is 0.316. The van der Waals surface area contributed by atoms with Crippen LogP contribution in [0.4, 0.5) is 0 Å². The van der Waals surface area contributed by atoms with Crippen LogP contribution in [-0.4, -0.2) is 9.67 Å². The summed E-state index contributed by atoms with van der Waals surface area (Å²) in [5.74, 6) is 0. The quantitative estimate of drug-likeness (QED) is 0.436. The highest BCUT2D eigenvalue weighted by Gasteiger charge is 1.87. The first-order chi connectivity index (χ1) is 2.77. The standard InChI is InChI=1S/C3H8S3/c1-3(5)6-2-4/h3-5H,2H2,1H3.